The van der Waals surface area contributed by atoms with Crippen molar-refractivity contribution in [3.8, 4) is 23.0 Å². The first-order valence-electron chi connectivity index (χ1n) is 20.5. The van der Waals surface area contributed by atoms with E-state index in [1.54, 1.807) is 73.2 Å². The van der Waals surface area contributed by atoms with E-state index in [0.717, 1.165) is 64.2 Å². The van der Waals surface area contributed by atoms with E-state index in [4.69, 9.17) is 9.47 Å². The molecular formula is C47H40N6O7. The molecule has 5 N–H and O–H groups in total. The molecule has 2 aliphatic carbocycles. The summed E-state index contributed by atoms with van der Waals surface area (Å²) in [5, 5.41) is 33.6. The number of carbonyl (C=O) groups excluding carboxylic acids is 3. The first-order valence-corrected chi connectivity index (χ1v) is 20.5. The van der Waals surface area contributed by atoms with Crippen LogP contribution in [0, 0.1) is 5.41 Å². The van der Waals surface area contributed by atoms with Gasteiger partial charge in [0.15, 0.2) is 5.75 Å². The molecule has 2 aromatic heterocycles. The largest absolute Gasteiger partial charge is 0.478 e. The Morgan fingerprint density at radius 2 is 1.27 bits per heavy atom. The maximum atomic E-state index is 14.7. The summed E-state index contributed by atoms with van der Waals surface area (Å²) in [7, 11) is 0. The zero-order chi connectivity index (χ0) is 41.1. The lowest BCUT2D eigenvalue weighted by atomic mass is 9.81. The molecule has 0 unspecified atom stereocenters. The van der Waals surface area contributed by atoms with Crippen LogP contribution in [0.2, 0.25) is 0 Å². The first kappa shape index (κ1) is 37.1. The van der Waals surface area contributed by atoms with Crippen LogP contribution in [0.5, 0.6) is 23.0 Å². The lowest BCUT2D eigenvalue weighted by molar-refractivity contribution is 0.0692. The minimum absolute atomic E-state index is 0.0136. The molecule has 300 valence electrons. The van der Waals surface area contributed by atoms with E-state index in [2.05, 4.69) is 25.9 Å². The fourth-order valence-electron chi connectivity index (χ4n) is 9.61. The number of hydrogen-bond donors (Lipinski definition) is 5. The van der Waals surface area contributed by atoms with Crippen molar-refractivity contribution in [1.82, 2.24) is 25.9 Å². The van der Waals surface area contributed by atoms with Gasteiger partial charge in [0.25, 0.3) is 17.7 Å². The van der Waals surface area contributed by atoms with E-state index in [9.17, 15) is 29.7 Å². The number of imide groups is 1. The summed E-state index contributed by atoms with van der Waals surface area (Å²) < 4.78 is 13.2. The number of amides is 3. The molecule has 7 aromatic rings. The van der Waals surface area contributed by atoms with Crippen LogP contribution < -0.4 is 25.4 Å². The van der Waals surface area contributed by atoms with Gasteiger partial charge in [-0.1, -0.05) is 50.7 Å². The van der Waals surface area contributed by atoms with Crippen molar-refractivity contribution in [2.24, 2.45) is 0 Å². The van der Waals surface area contributed by atoms with E-state index >= 15 is 0 Å². The molecule has 3 aliphatic rings. The van der Waals surface area contributed by atoms with Crippen molar-refractivity contribution in [3.63, 3.8) is 0 Å². The number of aromatic nitrogens is 2. The molecule has 10 rings (SSSR count). The van der Waals surface area contributed by atoms with E-state index in [1.165, 1.54) is 6.20 Å². The predicted molar refractivity (Wildman–Crippen MR) is 226 cm³/mol. The number of nitrogens with one attached hydrogen (secondary N) is 4. The number of carboxylic acids is 1. The van der Waals surface area contributed by atoms with Gasteiger partial charge in [-0.3, -0.25) is 35.1 Å². The van der Waals surface area contributed by atoms with Gasteiger partial charge in [0.05, 0.1) is 18.0 Å². The highest BCUT2D eigenvalue weighted by atomic mass is 16.5. The van der Waals surface area contributed by atoms with Gasteiger partial charge in [0.1, 0.15) is 28.6 Å². The topological polar surface area (TPSA) is 193 Å². The number of carbonyl (C=O) groups is 4. The van der Waals surface area contributed by atoms with Crippen molar-refractivity contribution >= 4 is 72.6 Å². The Hall–Kier alpha value is -7.15. The summed E-state index contributed by atoms with van der Waals surface area (Å²) in [5.74, 6) is -2.27. The average molecular weight is 801 g/mol. The molecule has 60 heavy (non-hydrogen) atoms. The Morgan fingerprint density at radius 1 is 0.667 bits per heavy atom. The number of nitrogens with zero attached hydrogens (tertiary/aromatic N) is 2. The summed E-state index contributed by atoms with van der Waals surface area (Å²) in [4.78, 5) is 64.4. The Morgan fingerprint density at radius 3 is 1.92 bits per heavy atom. The van der Waals surface area contributed by atoms with Crippen molar-refractivity contribution in [1.29, 1.82) is 5.41 Å². The van der Waals surface area contributed by atoms with Gasteiger partial charge in [0.2, 0.25) is 0 Å². The van der Waals surface area contributed by atoms with E-state index in [0.29, 0.717) is 43.5 Å². The number of ether oxygens (including phenoxy) is 2. The molecule has 2 saturated carbocycles. The summed E-state index contributed by atoms with van der Waals surface area (Å²) in [5.41, 5.74) is 0.349. The van der Waals surface area contributed by atoms with Crippen LogP contribution in [0.3, 0.4) is 0 Å². The number of rotatable bonds is 9. The highest BCUT2D eigenvalue weighted by Crippen LogP contribution is 2.53. The van der Waals surface area contributed by atoms with Crippen molar-refractivity contribution in [2.75, 3.05) is 0 Å². The van der Waals surface area contributed by atoms with Gasteiger partial charge < -0.3 is 25.2 Å². The normalized spacial score (nSPS) is 16.0. The molecule has 0 atom stereocenters. The van der Waals surface area contributed by atoms with E-state index < -0.39 is 17.8 Å². The molecule has 13 heteroatoms. The minimum Gasteiger partial charge on any atom is -0.478 e. The van der Waals surface area contributed by atoms with Crippen LogP contribution >= 0.6 is 0 Å². The molecule has 13 nitrogen and oxygen atoms in total. The van der Waals surface area contributed by atoms with E-state index in [-0.39, 0.29) is 74.3 Å². The summed E-state index contributed by atoms with van der Waals surface area (Å²) in [6, 6.07) is 15.0. The van der Waals surface area contributed by atoms with E-state index in [1.807, 2.05) is 0 Å². The van der Waals surface area contributed by atoms with Gasteiger partial charge in [-0.05, 0) is 78.9 Å². The molecule has 0 saturated heterocycles. The third-order valence-electron chi connectivity index (χ3n) is 12.2. The Kier molecular flexibility index (Phi) is 9.23. The lowest BCUT2D eigenvalue weighted by Gasteiger charge is -2.29. The number of hydrogen-bond acceptors (Lipinski definition) is 9. The van der Waals surface area contributed by atoms with Crippen LogP contribution in [0.25, 0.3) is 43.1 Å². The smallest absolute Gasteiger partial charge is 0.340 e. The molecule has 3 amide bonds. The van der Waals surface area contributed by atoms with Crippen LogP contribution in [0.1, 0.15) is 111 Å². The number of aromatic carboxylic acids is 1. The fourth-order valence-corrected chi connectivity index (χ4v) is 9.61. The molecule has 3 heterocycles. The fraction of sp³-hybridized carbons (Fsp3) is 0.255. The third kappa shape index (κ3) is 6.19. The van der Waals surface area contributed by atoms with Gasteiger partial charge in [-0.25, -0.2) is 4.79 Å². The maximum Gasteiger partial charge on any atom is 0.340 e. The summed E-state index contributed by atoms with van der Waals surface area (Å²) >= 11 is 0. The second-order valence-electron chi connectivity index (χ2n) is 15.9. The summed E-state index contributed by atoms with van der Waals surface area (Å²) in [6.45, 7) is 0. The molecular weight excluding hydrogens is 761 g/mol. The Bertz CT molecular complexity index is 2920. The lowest BCUT2D eigenvalue weighted by Crippen LogP contribution is -2.38. The van der Waals surface area contributed by atoms with Crippen LogP contribution in [-0.4, -0.2) is 56.7 Å². The highest BCUT2D eigenvalue weighted by molar-refractivity contribution is 6.43. The number of pyridine rings is 2. The van der Waals surface area contributed by atoms with Crippen LogP contribution in [-0.2, 0) is 0 Å². The predicted octanol–water partition coefficient (Wildman–Crippen LogP) is 9.00. The van der Waals surface area contributed by atoms with Gasteiger partial charge in [-0.2, -0.15) is 0 Å². The molecule has 0 spiro atoms. The number of amidine groups is 1. The zero-order valence-corrected chi connectivity index (χ0v) is 32.5. The summed E-state index contributed by atoms with van der Waals surface area (Å²) in [6.07, 6.45) is 15.5. The van der Waals surface area contributed by atoms with Crippen molar-refractivity contribution in [3.05, 3.63) is 107 Å². The second kappa shape index (κ2) is 14.9. The molecule has 0 radical (unpaired) electrons. The molecule has 1 aliphatic heterocycles. The second-order valence-corrected chi connectivity index (χ2v) is 15.9. The average Bonchev–Trinajstić information content (AvgIpc) is 3.26. The van der Waals surface area contributed by atoms with Gasteiger partial charge >= 0.3 is 5.97 Å². The molecule has 2 fully saturated rings. The monoisotopic (exact) mass is 800 g/mol. The maximum absolute atomic E-state index is 14.7. The molecule has 5 aromatic carbocycles. The van der Waals surface area contributed by atoms with Gasteiger partial charge in [0, 0.05) is 73.5 Å². The quantitative estimate of drug-likeness (QED) is 0.0309. The molecule has 0 bridgehead atoms. The number of fused-ring (bicyclic) bond motifs is 2. The van der Waals surface area contributed by atoms with Crippen molar-refractivity contribution in [2.45, 2.75) is 76.3 Å². The SMILES string of the molecule is N=C(NC1CCCCC1)c1c(C(=O)O)c(Oc2cccnc2)c2c3ccc4c5c(cc(Oc6cccnc6)c(c6ccc(C(=O)NC7CCCCC7)c1c62)c53)C(=O)NC4=O. The van der Waals surface area contributed by atoms with Crippen LogP contribution in [0.4, 0.5) is 0 Å². The third-order valence-corrected chi connectivity index (χ3v) is 12.2. The van der Waals surface area contributed by atoms with Gasteiger partial charge in [-0.15, -0.1) is 0 Å². The number of carboxylic acid groups (broad SMARTS) is 1. The Balaban J connectivity index is 1.39. The number of benzene rings is 5. The van der Waals surface area contributed by atoms with Crippen LogP contribution in [0.15, 0.2) is 79.4 Å². The Labute approximate surface area is 343 Å². The van der Waals surface area contributed by atoms with Crippen molar-refractivity contribution < 1.29 is 33.8 Å². The highest BCUT2D eigenvalue weighted by Gasteiger charge is 2.36. The zero-order valence-electron chi connectivity index (χ0n) is 32.5. The minimum atomic E-state index is -1.37. The first-order chi connectivity index (χ1) is 29.3. The standard InChI is InChI=1S/C47H40N6O7/c48-43(51-24-9-3-1-4-10-24)40-38-31(44(54)52-25-11-5-2-6-12-25)18-15-28-35-33(59-26-13-7-19-49-22-26)21-32-34-30(45(55)53-46(32)56)17-16-29(36(34)35)39(37(28)38)42(41(40)47(57)58)60-27-14-8-20-50-23-27/h7-8,13-25H,1-6,9-12H2,(H2,48,51)(H,52,54)(H,57,58)(H,53,55,56).